The van der Waals surface area contributed by atoms with E-state index in [4.69, 9.17) is 10.5 Å². The van der Waals surface area contributed by atoms with Crippen LogP contribution >= 0.6 is 0 Å². The van der Waals surface area contributed by atoms with Gasteiger partial charge in [0.05, 0.1) is 16.1 Å². The van der Waals surface area contributed by atoms with Gasteiger partial charge in [0.2, 0.25) is 0 Å². The van der Waals surface area contributed by atoms with Crippen LogP contribution in [0.15, 0.2) is 54.6 Å². The summed E-state index contributed by atoms with van der Waals surface area (Å²) < 4.78 is 0. The Morgan fingerprint density at radius 1 is 0.917 bits per heavy atom. The molecule has 0 radical (unpaired) electrons. The molecule has 0 spiro atoms. The van der Waals surface area contributed by atoms with Crippen molar-refractivity contribution >= 4 is 27.8 Å². The highest BCUT2D eigenvalue weighted by atomic mass is 16.6. The third-order valence-electron chi connectivity index (χ3n) is 3.63. The Hall–Kier alpha value is -3.90. The zero-order chi connectivity index (χ0) is 17.1. The van der Waals surface area contributed by atoms with Gasteiger partial charge in [-0.05, 0) is 17.5 Å². The molecule has 0 fully saturated rings. The van der Waals surface area contributed by atoms with E-state index in [0.717, 1.165) is 16.8 Å². The van der Waals surface area contributed by atoms with Crippen LogP contribution in [0.5, 0.6) is 0 Å². The molecular weight excluding hydrogens is 304 g/mol. The summed E-state index contributed by atoms with van der Waals surface area (Å²) in [4.78, 5) is 10.7. The summed E-state index contributed by atoms with van der Waals surface area (Å²) in [5.74, 6) is 0. The minimum absolute atomic E-state index is 0.0207. The molecule has 24 heavy (non-hydrogen) atoms. The number of hydrogen-bond donors (Lipinski definition) is 1. The Labute approximate surface area is 137 Å². The molecule has 0 aromatic heterocycles. The van der Waals surface area contributed by atoms with Gasteiger partial charge in [0.25, 0.3) is 5.69 Å². The second-order valence-corrected chi connectivity index (χ2v) is 5.05. The molecule has 0 saturated carbocycles. The summed E-state index contributed by atoms with van der Waals surface area (Å²) >= 11 is 0. The van der Waals surface area contributed by atoms with Crippen LogP contribution < -0.4 is 5.32 Å². The van der Waals surface area contributed by atoms with E-state index < -0.39 is 4.92 Å². The highest BCUT2D eigenvalue weighted by molar-refractivity contribution is 5.96. The maximum absolute atomic E-state index is 11.3. The number of rotatable bonds is 3. The zero-order valence-electron chi connectivity index (χ0n) is 12.4. The van der Waals surface area contributed by atoms with Crippen LogP contribution in [-0.4, -0.2) is 4.92 Å². The van der Waals surface area contributed by atoms with Crippen molar-refractivity contribution < 1.29 is 4.92 Å². The number of nitrogens with one attached hydrogen (secondary N) is 1. The quantitative estimate of drug-likeness (QED) is 0.575. The van der Waals surface area contributed by atoms with Crippen molar-refractivity contribution in [3.8, 4) is 12.1 Å². The number of nitrogens with zero attached hydrogens (tertiary/aromatic N) is 3. The van der Waals surface area contributed by atoms with Gasteiger partial charge in [-0.1, -0.05) is 36.4 Å². The van der Waals surface area contributed by atoms with Crippen molar-refractivity contribution in [3.63, 3.8) is 0 Å². The van der Waals surface area contributed by atoms with Gasteiger partial charge < -0.3 is 5.32 Å². The van der Waals surface area contributed by atoms with Crippen LogP contribution in [0.3, 0.4) is 0 Å². The smallest absolute Gasteiger partial charge is 0.294 e. The third-order valence-corrected chi connectivity index (χ3v) is 3.63. The molecule has 0 bridgehead atoms. The van der Waals surface area contributed by atoms with Crippen LogP contribution in [0.2, 0.25) is 0 Å². The number of benzene rings is 3. The summed E-state index contributed by atoms with van der Waals surface area (Å²) in [5, 5.41) is 34.4. The van der Waals surface area contributed by atoms with Crippen molar-refractivity contribution in [1.29, 1.82) is 10.5 Å². The summed E-state index contributed by atoms with van der Waals surface area (Å²) in [7, 11) is 0. The first-order valence-corrected chi connectivity index (χ1v) is 7.01. The van der Waals surface area contributed by atoms with E-state index in [1.54, 1.807) is 6.07 Å². The van der Waals surface area contributed by atoms with Crippen LogP contribution in [0.4, 0.5) is 17.1 Å². The Morgan fingerprint density at radius 3 is 2.29 bits per heavy atom. The second kappa shape index (κ2) is 6.07. The van der Waals surface area contributed by atoms with E-state index >= 15 is 0 Å². The summed E-state index contributed by atoms with van der Waals surface area (Å²) in [6.07, 6.45) is 0. The summed E-state index contributed by atoms with van der Waals surface area (Å²) in [6.45, 7) is 0. The van der Waals surface area contributed by atoms with E-state index in [2.05, 4.69) is 5.32 Å². The molecule has 0 aliphatic carbocycles. The van der Waals surface area contributed by atoms with Crippen LogP contribution in [0.1, 0.15) is 11.1 Å². The second-order valence-electron chi connectivity index (χ2n) is 5.05. The van der Waals surface area contributed by atoms with Gasteiger partial charge in [0, 0.05) is 17.1 Å². The normalized spacial score (nSPS) is 9.92. The lowest BCUT2D eigenvalue weighted by Crippen LogP contribution is -2.00. The maximum atomic E-state index is 11.3. The lowest BCUT2D eigenvalue weighted by atomic mass is 10.1. The highest BCUT2D eigenvalue weighted by Crippen LogP contribution is 2.33. The van der Waals surface area contributed by atoms with Gasteiger partial charge in [0.1, 0.15) is 17.8 Å². The van der Waals surface area contributed by atoms with Gasteiger partial charge in [-0.3, -0.25) is 10.1 Å². The largest absolute Gasteiger partial charge is 0.349 e. The molecule has 0 aliphatic rings. The number of hydrogen-bond acceptors (Lipinski definition) is 5. The minimum atomic E-state index is -0.574. The molecule has 0 saturated heterocycles. The fourth-order valence-electron chi connectivity index (χ4n) is 2.50. The molecule has 3 rings (SSSR count). The lowest BCUT2D eigenvalue weighted by molar-refractivity contribution is -0.383. The molecule has 0 aliphatic heterocycles. The molecule has 0 heterocycles. The van der Waals surface area contributed by atoms with Crippen molar-refractivity contribution in [2.45, 2.75) is 0 Å². The van der Waals surface area contributed by atoms with Gasteiger partial charge in [-0.15, -0.1) is 0 Å². The highest BCUT2D eigenvalue weighted by Gasteiger charge is 2.19. The standard InChI is InChI=1S/C18H10N4O2/c19-10-13-8-17(18(22(23)24)9-14(13)11-20)21-16-7-3-5-12-4-1-2-6-15(12)16/h1-9,21H. The van der Waals surface area contributed by atoms with Gasteiger partial charge in [0.15, 0.2) is 0 Å². The predicted octanol–water partition coefficient (Wildman–Crippen LogP) is 4.23. The van der Waals surface area contributed by atoms with E-state index in [0.29, 0.717) is 5.69 Å². The summed E-state index contributed by atoms with van der Waals surface area (Å²) in [6, 6.07) is 19.4. The Kier molecular flexibility index (Phi) is 3.80. The van der Waals surface area contributed by atoms with Crippen LogP contribution in [0, 0.1) is 32.8 Å². The number of nitro benzene ring substituents is 1. The molecule has 0 amide bonds. The fraction of sp³-hybridized carbons (Fsp3) is 0. The van der Waals surface area contributed by atoms with Gasteiger partial charge >= 0.3 is 0 Å². The van der Waals surface area contributed by atoms with Gasteiger partial charge in [-0.25, -0.2) is 0 Å². The lowest BCUT2D eigenvalue weighted by Gasteiger charge is -2.11. The zero-order valence-corrected chi connectivity index (χ0v) is 12.4. The van der Waals surface area contributed by atoms with E-state index in [1.807, 2.05) is 48.5 Å². The third kappa shape index (κ3) is 2.60. The molecule has 6 heteroatoms. The molecule has 114 valence electrons. The van der Waals surface area contributed by atoms with Crippen LogP contribution in [0.25, 0.3) is 10.8 Å². The number of anilines is 2. The van der Waals surface area contributed by atoms with Crippen molar-refractivity contribution in [2.75, 3.05) is 5.32 Å². The number of nitro groups is 1. The van der Waals surface area contributed by atoms with Crippen molar-refractivity contribution in [3.05, 3.63) is 75.8 Å². The van der Waals surface area contributed by atoms with Crippen LogP contribution in [-0.2, 0) is 0 Å². The van der Waals surface area contributed by atoms with E-state index in [9.17, 15) is 10.1 Å². The number of nitriles is 2. The molecular formula is C18H10N4O2. The molecule has 0 unspecified atom stereocenters. The molecule has 1 N–H and O–H groups in total. The average Bonchev–Trinajstić information content (AvgIpc) is 2.61. The van der Waals surface area contributed by atoms with Crippen molar-refractivity contribution in [2.24, 2.45) is 0 Å². The van der Waals surface area contributed by atoms with E-state index in [1.165, 1.54) is 6.07 Å². The SMILES string of the molecule is N#Cc1cc(Nc2cccc3ccccc23)c([N+](=O)[O-])cc1C#N. The van der Waals surface area contributed by atoms with Gasteiger partial charge in [-0.2, -0.15) is 10.5 Å². The monoisotopic (exact) mass is 314 g/mol. The molecule has 6 nitrogen and oxygen atoms in total. The predicted molar refractivity (Wildman–Crippen MR) is 89.8 cm³/mol. The Morgan fingerprint density at radius 2 is 1.58 bits per heavy atom. The molecule has 3 aromatic rings. The topological polar surface area (TPSA) is 103 Å². The number of fused-ring (bicyclic) bond motifs is 1. The maximum Gasteiger partial charge on any atom is 0.294 e. The molecule has 0 atom stereocenters. The Bertz CT molecular complexity index is 1040. The first-order valence-electron chi connectivity index (χ1n) is 7.01. The van der Waals surface area contributed by atoms with E-state index in [-0.39, 0.29) is 22.5 Å². The molecule has 3 aromatic carbocycles. The average molecular weight is 314 g/mol. The fourth-order valence-corrected chi connectivity index (χ4v) is 2.50. The van der Waals surface area contributed by atoms with Crippen molar-refractivity contribution in [1.82, 2.24) is 0 Å². The first kappa shape index (κ1) is 15.0. The minimum Gasteiger partial charge on any atom is -0.349 e. The Balaban J connectivity index is 2.17. The summed E-state index contributed by atoms with van der Waals surface area (Å²) in [5.41, 5.74) is 0.675. The first-order chi connectivity index (χ1) is 11.6.